The molecule has 0 aromatic heterocycles. The molecule has 1 rings (SSSR count). The van der Waals surface area contributed by atoms with Crippen LogP contribution in [0.15, 0.2) is 28.0 Å². The van der Waals surface area contributed by atoms with Crippen LogP contribution in [0.25, 0.3) is 0 Å². The Morgan fingerprint density at radius 2 is 1.85 bits per heavy atom. The molecule has 1 aromatic carbocycles. The molecule has 0 spiro atoms. The molecule has 0 aliphatic rings. The predicted octanol–water partition coefficient (Wildman–Crippen LogP) is -0.104. The first-order valence-corrected chi connectivity index (χ1v) is 9.01. The van der Waals surface area contributed by atoms with Crippen LogP contribution in [0.2, 0.25) is 5.02 Å². The minimum Gasteiger partial charge on any atom is -0.368 e. The summed E-state index contributed by atoms with van der Waals surface area (Å²) in [7, 11) is -7.75. The third kappa shape index (κ3) is 3.92. The second-order valence-electron chi connectivity index (χ2n) is 4.11. The lowest BCUT2D eigenvalue weighted by molar-refractivity contribution is -0.119. The van der Waals surface area contributed by atoms with Crippen LogP contribution in [-0.4, -0.2) is 35.0 Å². The summed E-state index contributed by atoms with van der Waals surface area (Å²) in [4.78, 5) is 10.3. The Labute approximate surface area is 122 Å². The molecule has 0 fully saturated rings. The van der Waals surface area contributed by atoms with Crippen LogP contribution in [0.5, 0.6) is 0 Å². The van der Waals surface area contributed by atoms with Gasteiger partial charge in [-0.1, -0.05) is 11.6 Å². The number of sulfonamides is 1. The Bertz CT molecular complexity index is 743. The summed E-state index contributed by atoms with van der Waals surface area (Å²) in [6, 6.07) is 2.11. The van der Waals surface area contributed by atoms with Crippen LogP contribution in [0, 0.1) is 0 Å². The molecule has 0 bridgehead atoms. The third-order valence-electron chi connectivity index (χ3n) is 2.38. The van der Waals surface area contributed by atoms with E-state index in [0.29, 0.717) is 0 Å². The van der Waals surface area contributed by atoms with Crippen LogP contribution < -0.4 is 10.5 Å². The molecule has 20 heavy (non-hydrogen) atoms. The van der Waals surface area contributed by atoms with Gasteiger partial charge in [-0.3, -0.25) is 4.79 Å². The zero-order chi connectivity index (χ0) is 15.7. The molecule has 1 unspecified atom stereocenters. The predicted molar refractivity (Wildman–Crippen MR) is 73.5 cm³/mol. The van der Waals surface area contributed by atoms with E-state index >= 15 is 0 Å². The quantitative estimate of drug-likeness (QED) is 0.774. The minimum absolute atomic E-state index is 0.165. The summed E-state index contributed by atoms with van der Waals surface area (Å²) in [5, 5.41) is -0.165. The second kappa shape index (κ2) is 5.68. The van der Waals surface area contributed by atoms with Crippen molar-refractivity contribution >= 4 is 37.4 Å². The minimum atomic E-state index is -4.17. The zero-order valence-electron chi connectivity index (χ0n) is 10.6. The fourth-order valence-corrected chi connectivity index (χ4v) is 3.73. The zero-order valence-corrected chi connectivity index (χ0v) is 13.0. The van der Waals surface area contributed by atoms with Crippen LogP contribution in [0.4, 0.5) is 0 Å². The molecule has 1 amide bonds. The number of amides is 1. The Kier molecular flexibility index (Phi) is 4.80. The lowest BCUT2D eigenvalue weighted by atomic mass is 10.4. The molecule has 1 aromatic rings. The number of hydrogen-bond donors (Lipinski definition) is 2. The van der Waals surface area contributed by atoms with Gasteiger partial charge in [-0.25, -0.2) is 16.8 Å². The highest BCUT2D eigenvalue weighted by molar-refractivity contribution is 7.91. The second-order valence-corrected chi connectivity index (χ2v) is 8.22. The molecule has 0 saturated heterocycles. The van der Waals surface area contributed by atoms with Crippen LogP contribution in [0.1, 0.15) is 6.92 Å². The first-order valence-electron chi connectivity index (χ1n) is 5.26. The van der Waals surface area contributed by atoms with E-state index in [0.717, 1.165) is 18.4 Å². The Morgan fingerprint density at radius 3 is 2.30 bits per heavy atom. The number of nitrogens with two attached hydrogens (primary N) is 1. The van der Waals surface area contributed by atoms with Crippen molar-refractivity contribution in [1.29, 1.82) is 0 Å². The Morgan fingerprint density at radius 1 is 1.30 bits per heavy atom. The van der Waals surface area contributed by atoms with Gasteiger partial charge in [0.1, 0.15) is 4.90 Å². The van der Waals surface area contributed by atoms with E-state index in [9.17, 15) is 21.6 Å². The van der Waals surface area contributed by atoms with Gasteiger partial charge in [0.15, 0.2) is 9.84 Å². The van der Waals surface area contributed by atoms with E-state index in [4.69, 9.17) is 17.3 Å². The number of sulfone groups is 1. The standard InChI is InChI=1S/C10H13ClN2O5S2/c1-6(10(12)14)13-20(17,18)9-5-7(19(2,15)16)3-4-8(9)11/h3-6,13H,1-2H3,(H2,12,14). The van der Waals surface area contributed by atoms with Crippen molar-refractivity contribution in [1.82, 2.24) is 4.72 Å². The molecule has 10 heteroatoms. The van der Waals surface area contributed by atoms with Crippen LogP contribution in [0.3, 0.4) is 0 Å². The maximum atomic E-state index is 12.0. The summed E-state index contributed by atoms with van der Waals surface area (Å²) in [6.07, 6.45) is 0.937. The Balaban J connectivity index is 3.35. The fourth-order valence-electron chi connectivity index (χ4n) is 1.27. The summed E-state index contributed by atoms with van der Waals surface area (Å²) in [5.41, 5.74) is 4.96. The first kappa shape index (κ1) is 16.9. The van der Waals surface area contributed by atoms with Gasteiger partial charge in [-0.15, -0.1) is 0 Å². The van der Waals surface area contributed by atoms with Gasteiger partial charge in [-0.2, -0.15) is 4.72 Å². The molecule has 7 nitrogen and oxygen atoms in total. The van der Waals surface area contributed by atoms with E-state index in [-0.39, 0.29) is 9.92 Å². The lowest BCUT2D eigenvalue weighted by Gasteiger charge is -2.12. The SMILES string of the molecule is CC(NS(=O)(=O)c1cc(S(C)(=O)=O)ccc1Cl)C(N)=O. The van der Waals surface area contributed by atoms with Crippen molar-refractivity contribution in [2.75, 3.05) is 6.26 Å². The van der Waals surface area contributed by atoms with Crippen molar-refractivity contribution in [2.45, 2.75) is 22.8 Å². The van der Waals surface area contributed by atoms with E-state index in [2.05, 4.69) is 0 Å². The molecule has 0 radical (unpaired) electrons. The number of rotatable bonds is 5. The number of carbonyl (C=O) groups is 1. The van der Waals surface area contributed by atoms with E-state index in [1.54, 1.807) is 0 Å². The van der Waals surface area contributed by atoms with Gasteiger partial charge in [0, 0.05) is 6.26 Å². The van der Waals surface area contributed by atoms with Gasteiger partial charge in [0.05, 0.1) is 16.0 Å². The van der Waals surface area contributed by atoms with Crippen LogP contribution >= 0.6 is 11.6 Å². The molecule has 112 valence electrons. The van der Waals surface area contributed by atoms with Gasteiger partial charge in [0.25, 0.3) is 0 Å². The fraction of sp³-hybridized carbons (Fsp3) is 0.300. The van der Waals surface area contributed by atoms with E-state index in [1.165, 1.54) is 13.0 Å². The van der Waals surface area contributed by atoms with Crippen molar-refractivity contribution in [2.24, 2.45) is 5.73 Å². The van der Waals surface area contributed by atoms with Gasteiger partial charge < -0.3 is 5.73 Å². The molecule has 0 aliphatic heterocycles. The number of hydrogen-bond acceptors (Lipinski definition) is 5. The largest absolute Gasteiger partial charge is 0.368 e. The maximum Gasteiger partial charge on any atom is 0.242 e. The van der Waals surface area contributed by atoms with Crippen LogP contribution in [-0.2, 0) is 24.7 Å². The lowest BCUT2D eigenvalue weighted by Crippen LogP contribution is -2.42. The highest BCUT2D eigenvalue weighted by atomic mass is 35.5. The van der Waals surface area contributed by atoms with Crippen molar-refractivity contribution in [3.05, 3.63) is 23.2 Å². The number of halogens is 1. The smallest absolute Gasteiger partial charge is 0.242 e. The van der Waals surface area contributed by atoms with Gasteiger partial charge in [0.2, 0.25) is 15.9 Å². The molecule has 0 saturated carbocycles. The number of benzene rings is 1. The average molecular weight is 341 g/mol. The molecular formula is C10H13ClN2O5S2. The topological polar surface area (TPSA) is 123 Å². The van der Waals surface area contributed by atoms with Gasteiger partial charge >= 0.3 is 0 Å². The number of carbonyl (C=O) groups excluding carboxylic acids is 1. The normalized spacial score (nSPS) is 13.9. The molecule has 0 heterocycles. The summed E-state index contributed by atoms with van der Waals surface area (Å²) >= 11 is 5.76. The highest BCUT2D eigenvalue weighted by Crippen LogP contribution is 2.24. The average Bonchev–Trinajstić information content (AvgIpc) is 2.26. The summed E-state index contributed by atoms with van der Waals surface area (Å²) < 4.78 is 49.0. The Hall–Kier alpha value is -1.16. The first-order chi connectivity index (χ1) is 8.95. The molecule has 3 N–H and O–H groups in total. The van der Waals surface area contributed by atoms with Crippen molar-refractivity contribution < 1.29 is 21.6 Å². The highest BCUT2D eigenvalue weighted by Gasteiger charge is 2.24. The van der Waals surface area contributed by atoms with E-state index in [1.807, 2.05) is 4.72 Å². The van der Waals surface area contributed by atoms with Crippen molar-refractivity contribution in [3.8, 4) is 0 Å². The van der Waals surface area contributed by atoms with Gasteiger partial charge in [-0.05, 0) is 25.1 Å². The molecule has 1 atom stereocenters. The number of primary amides is 1. The monoisotopic (exact) mass is 340 g/mol. The number of nitrogens with one attached hydrogen (secondary N) is 1. The summed E-state index contributed by atoms with van der Waals surface area (Å²) in [6.45, 7) is 1.26. The third-order valence-corrected chi connectivity index (χ3v) is 5.51. The molecular weight excluding hydrogens is 328 g/mol. The van der Waals surface area contributed by atoms with Crippen molar-refractivity contribution in [3.63, 3.8) is 0 Å². The molecule has 0 aliphatic carbocycles. The van der Waals surface area contributed by atoms with E-state index < -0.39 is 36.7 Å². The summed E-state index contributed by atoms with van der Waals surface area (Å²) in [5.74, 6) is -0.871. The maximum absolute atomic E-state index is 12.0.